The Kier molecular flexibility index (Phi) is 5.45. The van der Waals surface area contributed by atoms with Gasteiger partial charge in [-0.15, -0.1) is 11.3 Å². The van der Waals surface area contributed by atoms with Crippen molar-refractivity contribution >= 4 is 33.5 Å². The molecule has 0 spiro atoms. The number of thiophene rings is 1. The predicted octanol–water partition coefficient (Wildman–Crippen LogP) is 0.547. The molecule has 124 valence electrons. The lowest BCUT2D eigenvalue weighted by Crippen LogP contribution is -2.43. The maximum Gasteiger partial charge on any atom is 0.321 e. The lowest BCUT2D eigenvalue weighted by Gasteiger charge is -2.07. The Bertz CT molecular complexity index is 796. The molecule has 0 fully saturated rings. The molecule has 9 heteroatoms. The fourth-order valence-electron chi connectivity index (χ4n) is 2.01. The van der Waals surface area contributed by atoms with E-state index in [-0.39, 0.29) is 18.6 Å². The molecule has 2 aromatic heterocycles. The summed E-state index contributed by atoms with van der Waals surface area (Å²) < 4.78 is 5.98. The Morgan fingerprint density at radius 2 is 2.13 bits per heavy atom. The van der Waals surface area contributed by atoms with Crippen LogP contribution in [-0.2, 0) is 16.1 Å². The summed E-state index contributed by atoms with van der Waals surface area (Å²) in [6.45, 7) is 4.14. The van der Waals surface area contributed by atoms with E-state index in [2.05, 4.69) is 15.6 Å². The Hall–Kier alpha value is -2.26. The fourth-order valence-corrected chi connectivity index (χ4v) is 3.00. The highest BCUT2D eigenvalue weighted by atomic mass is 32.1. The van der Waals surface area contributed by atoms with Gasteiger partial charge in [-0.05, 0) is 19.4 Å². The van der Waals surface area contributed by atoms with Crippen LogP contribution in [0.25, 0.3) is 10.2 Å². The second-order valence-corrected chi connectivity index (χ2v) is 6.14. The van der Waals surface area contributed by atoms with E-state index in [9.17, 15) is 14.4 Å². The van der Waals surface area contributed by atoms with Gasteiger partial charge in [0.1, 0.15) is 11.4 Å². The van der Waals surface area contributed by atoms with Crippen LogP contribution in [0, 0.1) is 13.8 Å². The number of nitrogens with one attached hydrogen (secondary N) is 2. The lowest BCUT2D eigenvalue weighted by atomic mass is 10.2. The standard InChI is InChI=1S/C14H18N4O4S/c1-8-9(2)23-12-11(8)13(20)18(7-16-12)6-10(19)17-14(21)15-4-5-22-3/h7H,4-6H2,1-3H3,(H2,15,17,19,21). The normalized spacial score (nSPS) is 10.7. The number of nitrogens with zero attached hydrogens (tertiary/aromatic N) is 2. The number of imide groups is 1. The highest BCUT2D eigenvalue weighted by Crippen LogP contribution is 2.25. The molecular formula is C14H18N4O4S. The van der Waals surface area contributed by atoms with Crippen molar-refractivity contribution in [2.75, 3.05) is 20.3 Å². The average molecular weight is 338 g/mol. The first-order chi connectivity index (χ1) is 10.9. The third-order valence-corrected chi connectivity index (χ3v) is 4.43. The zero-order chi connectivity index (χ0) is 17.0. The minimum atomic E-state index is -0.628. The predicted molar refractivity (Wildman–Crippen MR) is 86.8 cm³/mol. The van der Waals surface area contributed by atoms with Crippen molar-refractivity contribution in [2.45, 2.75) is 20.4 Å². The fraction of sp³-hybridized carbons (Fsp3) is 0.429. The summed E-state index contributed by atoms with van der Waals surface area (Å²) >= 11 is 1.44. The number of carbonyl (C=O) groups excluding carboxylic acids is 2. The van der Waals surface area contributed by atoms with E-state index in [4.69, 9.17) is 4.74 Å². The molecule has 2 N–H and O–H groups in total. The number of aromatic nitrogens is 2. The summed E-state index contributed by atoms with van der Waals surface area (Å²) in [4.78, 5) is 41.6. The summed E-state index contributed by atoms with van der Waals surface area (Å²) in [6.07, 6.45) is 1.32. The molecule has 0 aliphatic carbocycles. The van der Waals surface area contributed by atoms with Gasteiger partial charge in [-0.3, -0.25) is 19.5 Å². The van der Waals surface area contributed by atoms with Crippen LogP contribution in [0.1, 0.15) is 10.4 Å². The van der Waals surface area contributed by atoms with Crippen molar-refractivity contribution < 1.29 is 14.3 Å². The third-order valence-electron chi connectivity index (χ3n) is 3.31. The molecule has 3 amide bonds. The van der Waals surface area contributed by atoms with E-state index in [0.29, 0.717) is 16.8 Å². The molecule has 0 saturated carbocycles. The summed E-state index contributed by atoms with van der Waals surface area (Å²) in [5, 5.41) is 5.13. The van der Waals surface area contributed by atoms with Gasteiger partial charge >= 0.3 is 6.03 Å². The van der Waals surface area contributed by atoms with Crippen molar-refractivity contribution in [3.63, 3.8) is 0 Å². The number of amides is 3. The van der Waals surface area contributed by atoms with E-state index in [1.54, 1.807) is 0 Å². The first-order valence-electron chi connectivity index (χ1n) is 6.95. The van der Waals surface area contributed by atoms with Crippen LogP contribution in [0.15, 0.2) is 11.1 Å². The number of fused-ring (bicyclic) bond motifs is 1. The number of urea groups is 1. The smallest absolute Gasteiger partial charge is 0.321 e. The molecule has 0 aliphatic rings. The molecule has 0 bridgehead atoms. The van der Waals surface area contributed by atoms with Crippen molar-refractivity contribution in [1.82, 2.24) is 20.2 Å². The second kappa shape index (κ2) is 7.34. The van der Waals surface area contributed by atoms with Crippen LogP contribution in [0.2, 0.25) is 0 Å². The summed E-state index contributed by atoms with van der Waals surface area (Å²) in [7, 11) is 1.51. The van der Waals surface area contributed by atoms with E-state index >= 15 is 0 Å². The lowest BCUT2D eigenvalue weighted by molar-refractivity contribution is -0.120. The number of hydrogen-bond donors (Lipinski definition) is 2. The van der Waals surface area contributed by atoms with E-state index in [1.165, 1.54) is 29.3 Å². The van der Waals surface area contributed by atoms with Crippen LogP contribution >= 0.6 is 11.3 Å². The highest BCUT2D eigenvalue weighted by molar-refractivity contribution is 7.18. The Morgan fingerprint density at radius 1 is 1.39 bits per heavy atom. The molecule has 2 rings (SSSR count). The SMILES string of the molecule is COCCNC(=O)NC(=O)Cn1cnc2sc(C)c(C)c2c1=O. The van der Waals surface area contributed by atoms with Gasteiger partial charge in [0.15, 0.2) is 0 Å². The van der Waals surface area contributed by atoms with Crippen LogP contribution < -0.4 is 16.2 Å². The van der Waals surface area contributed by atoms with E-state index < -0.39 is 11.9 Å². The molecular weight excluding hydrogens is 320 g/mol. The van der Waals surface area contributed by atoms with Gasteiger partial charge in [0, 0.05) is 18.5 Å². The molecule has 0 aromatic carbocycles. The molecule has 0 unspecified atom stereocenters. The van der Waals surface area contributed by atoms with Gasteiger partial charge in [-0.2, -0.15) is 0 Å². The van der Waals surface area contributed by atoms with Crippen molar-refractivity contribution in [3.8, 4) is 0 Å². The minimum Gasteiger partial charge on any atom is -0.383 e. The monoisotopic (exact) mass is 338 g/mol. The number of aryl methyl sites for hydroxylation is 2. The van der Waals surface area contributed by atoms with Crippen LogP contribution in [-0.4, -0.2) is 41.8 Å². The average Bonchev–Trinajstić information content (AvgIpc) is 2.78. The zero-order valence-corrected chi connectivity index (χ0v) is 14.0. The Labute approximate surface area is 136 Å². The largest absolute Gasteiger partial charge is 0.383 e. The van der Waals surface area contributed by atoms with Crippen LogP contribution in [0.5, 0.6) is 0 Å². The number of ether oxygens (including phenoxy) is 1. The van der Waals surface area contributed by atoms with Gasteiger partial charge in [-0.25, -0.2) is 9.78 Å². The van der Waals surface area contributed by atoms with Crippen molar-refractivity contribution in [1.29, 1.82) is 0 Å². The van der Waals surface area contributed by atoms with Gasteiger partial charge in [0.2, 0.25) is 5.91 Å². The quantitative estimate of drug-likeness (QED) is 0.775. The number of hydrogen-bond acceptors (Lipinski definition) is 6. The summed E-state index contributed by atoms with van der Waals surface area (Å²) in [6, 6.07) is -0.628. The summed E-state index contributed by atoms with van der Waals surface area (Å²) in [5.74, 6) is -0.590. The van der Waals surface area contributed by atoms with E-state index in [1.807, 2.05) is 13.8 Å². The molecule has 2 aromatic rings. The molecule has 0 saturated heterocycles. The molecule has 0 atom stereocenters. The summed E-state index contributed by atoms with van der Waals surface area (Å²) in [5.41, 5.74) is 0.585. The van der Waals surface area contributed by atoms with Gasteiger partial charge < -0.3 is 10.1 Å². The molecule has 0 aliphatic heterocycles. The first kappa shape index (κ1) is 17.1. The zero-order valence-electron chi connectivity index (χ0n) is 13.1. The van der Waals surface area contributed by atoms with Crippen LogP contribution in [0.4, 0.5) is 4.79 Å². The van der Waals surface area contributed by atoms with Gasteiger partial charge in [0.25, 0.3) is 5.56 Å². The third kappa shape index (κ3) is 3.93. The Balaban J connectivity index is 2.08. The van der Waals surface area contributed by atoms with Crippen molar-refractivity contribution in [3.05, 3.63) is 27.1 Å². The molecule has 2 heterocycles. The molecule has 23 heavy (non-hydrogen) atoms. The molecule has 8 nitrogen and oxygen atoms in total. The van der Waals surface area contributed by atoms with Gasteiger partial charge in [0.05, 0.1) is 18.3 Å². The number of carbonyl (C=O) groups is 2. The highest BCUT2D eigenvalue weighted by Gasteiger charge is 2.14. The second-order valence-electron chi connectivity index (χ2n) is 4.94. The topological polar surface area (TPSA) is 102 Å². The van der Waals surface area contributed by atoms with E-state index in [0.717, 1.165) is 10.4 Å². The van der Waals surface area contributed by atoms with Crippen molar-refractivity contribution in [2.24, 2.45) is 0 Å². The Morgan fingerprint density at radius 3 is 2.83 bits per heavy atom. The van der Waals surface area contributed by atoms with Gasteiger partial charge in [-0.1, -0.05) is 0 Å². The minimum absolute atomic E-state index is 0.270. The maximum absolute atomic E-state index is 12.4. The first-order valence-corrected chi connectivity index (χ1v) is 7.77. The number of rotatable bonds is 5. The van der Waals surface area contributed by atoms with Crippen LogP contribution in [0.3, 0.4) is 0 Å². The maximum atomic E-state index is 12.4. The molecule has 0 radical (unpaired) electrons. The number of methoxy groups -OCH3 is 1.